The van der Waals surface area contributed by atoms with Gasteiger partial charge in [0.05, 0.1) is 10.7 Å². The third kappa shape index (κ3) is 5.00. The molecule has 4 heteroatoms. The molecule has 1 aromatic rings. The Morgan fingerprint density at radius 1 is 1.33 bits per heavy atom. The molecule has 0 fully saturated rings. The fraction of sp³-hybridized carbons (Fsp3) is 0.727. The first kappa shape index (κ1) is 13.0. The Bertz CT molecular complexity index is 284. The third-order valence-corrected chi connectivity index (χ3v) is 4.01. The van der Waals surface area contributed by atoms with Gasteiger partial charge in [-0.3, -0.25) is 0 Å². The van der Waals surface area contributed by atoms with Crippen LogP contribution in [-0.4, -0.2) is 23.5 Å². The minimum atomic E-state index is 0.983. The number of thiazole rings is 1. The summed E-state index contributed by atoms with van der Waals surface area (Å²) in [5.74, 6) is 1.28. The van der Waals surface area contributed by atoms with E-state index in [0.29, 0.717) is 0 Å². The molecule has 0 bridgehead atoms. The second-order valence-corrected chi connectivity index (χ2v) is 5.89. The normalized spacial score (nSPS) is 10.9. The molecule has 1 aromatic heterocycles. The van der Waals surface area contributed by atoms with Gasteiger partial charge in [-0.2, -0.15) is 11.8 Å². The highest BCUT2D eigenvalue weighted by atomic mass is 32.2. The molecule has 1 N–H and O–H groups in total. The minimum absolute atomic E-state index is 0.983. The van der Waals surface area contributed by atoms with Gasteiger partial charge in [0.25, 0.3) is 0 Å². The van der Waals surface area contributed by atoms with Gasteiger partial charge in [0.15, 0.2) is 0 Å². The zero-order valence-electron chi connectivity index (χ0n) is 9.80. The summed E-state index contributed by atoms with van der Waals surface area (Å²) in [6.07, 6.45) is 4.75. The monoisotopic (exact) mass is 244 g/mol. The van der Waals surface area contributed by atoms with Crippen LogP contribution in [0, 0.1) is 13.8 Å². The quantitative estimate of drug-likeness (QED) is 0.746. The van der Waals surface area contributed by atoms with E-state index in [2.05, 4.69) is 30.4 Å². The third-order valence-electron chi connectivity index (χ3n) is 2.24. The minimum Gasteiger partial charge on any atom is -0.312 e. The van der Waals surface area contributed by atoms with Gasteiger partial charge in [-0.25, -0.2) is 4.98 Å². The summed E-state index contributed by atoms with van der Waals surface area (Å²) in [7, 11) is 0. The molecule has 2 nitrogen and oxygen atoms in total. The van der Waals surface area contributed by atoms with Gasteiger partial charge < -0.3 is 5.32 Å². The molecule has 0 aliphatic heterocycles. The first-order chi connectivity index (χ1) is 7.24. The highest BCUT2D eigenvalue weighted by molar-refractivity contribution is 7.98. The summed E-state index contributed by atoms with van der Waals surface area (Å²) in [4.78, 5) is 5.80. The van der Waals surface area contributed by atoms with Crippen molar-refractivity contribution in [3.8, 4) is 0 Å². The second kappa shape index (κ2) is 7.25. The average Bonchev–Trinajstić information content (AvgIpc) is 2.51. The number of hydrogen-bond acceptors (Lipinski definition) is 4. The maximum atomic E-state index is 4.41. The van der Waals surface area contributed by atoms with Crippen LogP contribution in [0.4, 0.5) is 0 Å². The summed E-state index contributed by atoms with van der Waals surface area (Å²) in [5.41, 5.74) is 1.19. The molecule has 0 radical (unpaired) electrons. The highest BCUT2D eigenvalue weighted by Gasteiger charge is 2.03. The van der Waals surface area contributed by atoms with Crippen LogP contribution in [0.15, 0.2) is 0 Å². The van der Waals surface area contributed by atoms with E-state index >= 15 is 0 Å². The lowest BCUT2D eigenvalue weighted by Gasteiger charge is -2.02. The number of nitrogens with zero attached hydrogens (tertiary/aromatic N) is 1. The fourth-order valence-electron chi connectivity index (χ4n) is 1.44. The summed E-state index contributed by atoms with van der Waals surface area (Å²) < 4.78 is 0. The summed E-state index contributed by atoms with van der Waals surface area (Å²) in [6.45, 7) is 6.27. The standard InChI is InChI=1S/C11H20N2S2/c1-9-11(15-10(2)13-9)8-12-6-4-5-7-14-3/h12H,4-8H2,1-3H3. The molecule has 0 atom stereocenters. The van der Waals surface area contributed by atoms with Crippen LogP contribution in [0.3, 0.4) is 0 Å². The molecular formula is C11H20N2S2. The largest absolute Gasteiger partial charge is 0.312 e. The predicted octanol–water partition coefficient (Wildman–Crippen LogP) is 2.99. The Balaban J connectivity index is 2.12. The fourth-order valence-corrected chi connectivity index (χ4v) is 2.84. The maximum absolute atomic E-state index is 4.41. The molecule has 0 aliphatic rings. The molecule has 0 saturated carbocycles. The van der Waals surface area contributed by atoms with Crippen molar-refractivity contribution >= 4 is 23.1 Å². The Morgan fingerprint density at radius 3 is 2.73 bits per heavy atom. The van der Waals surface area contributed by atoms with Crippen LogP contribution in [0.5, 0.6) is 0 Å². The van der Waals surface area contributed by atoms with Crippen molar-refractivity contribution in [2.45, 2.75) is 33.2 Å². The lowest BCUT2D eigenvalue weighted by molar-refractivity contribution is 0.646. The van der Waals surface area contributed by atoms with E-state index in [0.717, 1.165) is 13.1 Å². The number of rotatable bonds is 7. The Morgan fingerprint density at radius 2 is 2.13 bits per heavy atom. The van der Waals surface area contributed by atoms with E-state index in [9.17, 15) is 0 Å². The van der Waals surface area contributed by atoms with Crippen molar-refractivity contribution in [2.24, 2.45) is 0 Å². The van der Waals surface area contributed by atoms with Gasteiger partial charge in [0.1, 0.15) is 0 Å². The molecule has 0 saturated heterocycles. The van der Waals surface area contributed by atoms with E-state index in [1.54, 1.807) is 11.3 Å². The van der Waals surface area contributed by atoms with E-state index < -0.39 is 0 Å². The van der Waals surface area contributed by atoms with Crippen LogP contribution in [0.2, 0.25) is 0 Å². The lowest BCUT2D eigenvalue weighted by atomic mass is 10.3. The Labute approximate surface area is 101 Å². The number of aryl methyl sites for hydroxylation is 2. The van der Waals surface area contributed by atoms with Crippen molar-refractivity contribution in [2.75, 3.05) is 18.6 Å². The van der Waals surface area contributed by atoms with E-state index in [-0.39, 0.29) is 0 Å². The highest BCUT2D eigenvalue weighted by Crippen LogP contribution is 2.16. The molecule has 1 heterocycles. The molecule has 0 aliphatic carbocycles. The summed E-state index contributed by atoms with van der Waals surface area (Å²) >= 11 is 3.73. The van der Waals surface area contributed by atoms with Gasteiger partial charge in [0, 0.05) is 11.4 Å². The van der Waals surface area contributed by atoms with Gasteiger partial charge in [0.2, 0.25) is 0 Å². The van der Waals surface area contributed by atoms with Gasteiger partial charge in [-0.1, -0.05) is 0 Å². The van der Waals surface area contributed by atoms with Crippen molar-refractivity contribution < 1.29 is 0 Å². The smallest absolute Gasteiger partial charge is 0.0900 e. The second-order valence-electron chi connectivity index (χ2n) is 3.62. The zero-order chi connectivity index (χ0) is 11.1. The first-order valence-corrected chi connectivity index (χ1v) is 7.57. The molecular weight excluding hydrogens is 224 g/mol. The topological polar surface area (TPSA) is 24.9 Å². The Hall–Kier alpha value is -0.0600. The zero-order valence-corrected chi connectivity index (χ0v) is 11.4. The molecule has 0 unspecified atom stereocenters. The van der Waals surface area contributed by atoms with Crippen molar-refractivity contribution in [3.05, 3.63) is 15.6 Å². The molecule has 0 aromatic carbocycles. The van der Waals surface area contributed by atoms with Gasteiger partial charge in [-0.05, 0) is 45.2 Å². The Kier molecular flexibility index (Phi) is 6.29. The SMILES string of the molecule is CSCCCCNCc1sc(C)nc1C. The van der Waals surface area contributed by atoms with Crippen LogP contribution >= 0.6 is 23.1 Å². The number of unbranched alkanes of at least 4 members (excludes halogenated alkanes) is 1. The van der Waals surface area contributed by atoms with Gasteiger partial charge >= 0.3 is 0 Å². The molecule has 15 heavy (non-hydrogen) atoms. The van der Waals surface area contributed by atoms with Crippen LogP contribution in [-0.2, 0) is 6.54 Å². The molecule has 1 rings (SSSR count). The average molecular weight is 244 g/mol. The van der Waals surface area contributed by atoms with Gasteiger partial charge in [-0.15, -0.1) is 11.3 Å². The first-order valence-electron chi connectivity index (χ1n) is 5.36. The number of nitrogens with one attached hydrogen (secondary N) is 1. The van der Waals surface area contributed by atoms with E-state index in [1.807, 2.05) is 11.8 Å². The predicted molar refractivity (Wildman–Crippen MR) is 70.9 cm³/mol. The van der Waals surface area contributed by atoms with Crippen molar-refractivity contribution in [1.82, 2.24) is 10.3 Å². The summed E-state index contributed by atoms with van der Waals surface area (Å²) in [6, 6.07) is 0. The van der Waals surface area contributed by atoms with Crippen molar-refractivity contribution in [1.29, 1.82) is 0 Å². The van der Waals surface area contributed by atoms with Crippen LogP contribution in [0.25, 0.3) is 0 Å². The van der Waals surface area contributed by atoms with Crippen LogP contribution < -0.4 is 5.32 Å². The number of hydrogen-bond donors (Lipinski definition) is 1. The molecule has 0 amide bonds. The van der Waals surface area contributed by atoms with E-state index in [1.165, 1.54) is 34.2 Å². The maximum Gasteiger partial charge on any atom is 0.0900 e. The summed E-state index contributed by atoms with van der Waals surface area (Å²) in [5, 5.41) is 4.65. The van der Waals surface area contributed by atoms with Crippen LogP contribution in [0.1, 0.15) is 28.4 Å². The lowest BCUT2D eigenvalue weighted by Crippen LogP contribution is -2.14. The number of aromatic nitrogens is 1. The van der Waals surface area contributed by atoms with Crippen molar-refractivity contribution in [3.63, 3.8) is 0 Å². The number of thioether (sulfide) groups is 1. The van der Waals surface area contributed by atoms with E-state index in [4.69, 9.17) is 0 Å². The molecule has 0 spiro atoms. The molecule has 86 valence electrons.